The Morgan fingerprint density at radius 3 is 2.81 bits per heavy atom. The molecule has 0 saturated carbocycles. The van der Waals surface area contributed by atoms with Crippen LogP contribution < -0.4 is 4.90 Å². The van der Waals surface area contributed by atoms with E-state index in [0.29, 0.717) is 38.3 Å². The van der Waals surface area contributed by atoms with Crippen LogP contribution in [0.3, 0.4) is 0 Å². The lowest BCUT2D eigenvalue weighted by Crippen LogP contribution is -2.25. The van der Waals surface area contributed by atoms with Gasteiger partial charge in [-0.1, -0.05) is 29.3 Å². The summed E-state index contributed by atoms with van der Waals surface area (Å²) < 4.78 is 5.74. The smallest absolute Gasteiger partial charge is 0.308 e. The number of carbonyl (C=O) groups is 2. The molecule has 132 valence electrons. The van der Waals surface area contributed by atoms with E-state index in [2.05, 4.69) is 4.98 Å². The molecule has 1 amide bonds. The second kappa shape index (κ2) is 6.30. The van der Waals surface area contributed by atoms with Crippen LogP contribution in [0.4, 0.5) is 5.69 Å². The number of oxazole rings is 1. The fourth-order valence-corrected chi connectivity index (χ4v) is 3.37. The molecule has 0 spiro atoms. The summed E-state index contributed by atoms with van der Waals surface area (Å²) in [5.74, 6) is -1.57. The number of benzene rings is 2. The summed E-state index contributed by atoms with van der Waals surface area (Å²) in [4.78, 5) is 29.1. The summed E-state index contributed by atoms with van der Waals surface area (Å²) in [5, 5.41) is 9.86. The number of nitrogens with zero attached hydrogens (tertiary/aromatic N) is 2. The van der Waals surface area contributed by atoms with Crippen molar-refractivity contribution in [2.45, 2.75) is 6.42 Å². The molecule has 1 atom stereocenters. The zero-order chi connectivity index (χ0) is 18.4. The molecule has 1 saturated heterocycles. The van der Waals surface area contributed by atoms with E-state index < -0.39 is 11.9 Å². The summed E-state index contributed by atoms with van der Waals surface area (Å²) >= 11 is 12.3. The van der Waals surface area contributed by atoms with Crippen LogP contribution in [0.15, 0.2) is 40.8 Å². The molecule has 2 heterocycles. The van der Waals surface area contributed by atoms with Gasteiger partial charge in [0.05, 0.1) is 21.5 Å². The van der Waals surface area contributed by atoms with Crippen molar-refractivity contribution in [3.8, 4) is 11.5 Å². The Bertz CT molecular complexity index is 1050. The molecule has 1 fully saturated rings. The molecule has 3 aromatic rings. The number of carboxylic acids is 1. The van der Waals surface area contributed by atoms with Crippen molar-refractivity contribution in [1.29, 1.82) is 0 Å². The van der Waals surface area contributed by atoms with Gasteiger partial charge in [-0.05, 0) is 30.3 Å². The predicted molar refractivity (Wildman–Crippen MR) is 97.6 cm³/mol. The number of carbonyl (C=O) groups excluding carboxylic acids is 1. The molecule has 0 radical (unpaired) electrons. The summed E-state index contributed by atoms with van der Waals surface area (Å²) in [7, 11) is 0. The maximum atomic E-state index is 12.1. The lowest BCUT2D eigenvalue weighted by Gasteiger charge is -2.15. The maximum absolute atomic E-state index is 12.1. The number of carboxylic acid groups (broad SMARTS) is 1. The quantitative estimate of drug-likeness (QED) is 0.722. The van der Waals surface area contributed by atoms with Crippen LogP contribution in [0.1, 0.15) is 6.42 Å². The van der Waals surface area contributed by atoms with Gasteiger partial charge < -0.3 is 14.4 Å². The average molecular weight is 391 g/mol. The lowest BCUT2D eigenvalue weighted by molar-refractivity contribution is -0.141. The Morgan fingerprint density at radius 2 is 2.08 bits per heavy atom. The van der Waals surface area contributed by atoms with Gasteiger partial charge in [0.15, 0.2) is 5.58 Å². The third-order valence-corrected chi connectivity index (χ3v) is 5.16. The van der Waals surface area contributed by atoms with Crippen LogP contribution >= 0.6 is 23.2 Å². The van der Waals surface area contributed by atoms with Crippen LogP contribution in [0.25, 0.3) is 22.6 Å². The van der Waals surface area contributed by atoms with Crippen LogP contribution in [0, 0.1) is 5.92 Å². The Morgan fingerprint density at radius 1 is 1.27 bits per heavy atom. The van der Waals surface area contributed by atoms with E-state index in [-0.39, 0.29) is 18.9 Å². The van der Waals surface area contributed by atoms with E-state index in [1.807, 2.05) is 0 Å². The van der Waals surface area contributed by atoms with E-state index in [1.54, 1.807) is 36.4 Å². The van der Waals surface area contributed by atoms with Gasteiger partial charge in [0.2, 0.25) is 11.8 Å². The lowest BCUT2D eigenvalue weighted by atomic mass is 10.1. The van der Waals surface area contributed by atoms with Crippen molar-refractivity contribution in [3.63, 3.8) is 0 Å². The fourth-order valence-electron chi connectivity index (χ4n) is 2.99. The Balaban J connectivity index is 1.72. The number of rotatable bonds is 3. The number of aromatic nitrogens is 1. The van der Waals surface area contributed by atoms with Crippen molar-refractivity contribution < 1.29 is 19.1 Å². The van der Waals surface area contributed by atoms with E-state index in [1.165, 1.54) is 4.90 Å². The molecule has 1 aliphatic rings. The second-order valence-electron chi connectivity index (χ2n) is 6.02. The highest BCUT2D eigenvalue weighted by atomic mass is 35.5. The maximum Gasteiger partial charge on any atom is 0.308 e. The number of hydrogen-bond donors (Lipinski definition) is 1. The molecule has 0 aliphatic carbocycles. The Kier molecular flexibility index (Phi) is 4.09. The highest BCUT2D eigenvalue weighted by Gasteiger charge is 2.35. The molecule has 4 rings (SSSR count). The van der Waals surface area contributed by atoms with Gasteiger partial charge in [-0.3, -0.25) is 9.59 Å². The molecule has 6 nitrogen and oxygen atoms in total. The van der Waals surface area contributed by atoms with Gasteiger partial charge in [-0.2, -0.15) is 0 Å². The molecular weight excluding hydrogens is 379 g/mol. The van der Waals surface area contributed by atoms with E-state index in [4.69, 9.17) is 32.7 Å². The summed E-state index contributed by atoms with van der Waals surface area (Å²) in [6.45, 7) is 0.143. The molecule has 1 aliphatic heterocycles. The normalized spacial score (nSPS) is 17.2. The first-order valence-electron chi connectivity index (χ1n) is 7.82. The average Bonchev–Trinajstić information content (AvgIpc) is 3.20. The second-order valence-corrected chi connectivity index (χ2v) is 6.80. The van der Waals surface area contributed by atoms with Gasteiger partial charge >= 0.3 is 5.97 Å². The number of hydrogen-bond acceptors (Lipinski definition) is 4. The van der Waals surface area contributed by atoms with E-state index >= 15 is 0 Å². The minimum Gasteiger partial charge on any atom is -0.481 e. The van der Waals surface area contributed by atoms with Gasteiger partial charge in [-0.15, -0.1) is 0 Å². The first-order chi connectivity index (χ1) is 12.4. The molecule has 1 unspecified atom stereocenters. The third-order valence-electron chi connectivity index (χ3n) is 4.34. The number of aliphatic carboxylic acids is 1. The topological polar surface area (TPSA) is 83.6 Å². The highest BCUT2D eigenvalue weighted by Crippen LogP contribution is 2.35. The highest BCUT2D eigenvalue weighted by molar-refractivity contribution is 6.43. The number of halogens is 2. The summed E-state index contributed by atoms with van der Waals surface area (Å²) in [5.41, 5.74) is 2.23. The number of amides is 1. The van der Waals surface area contributed by atoms with Crippen LogP contribution in [-0.4, -0.2) is 28.5 Å². The monoisotopic (exact) mass is 390 g/mol. The van der Waals surface area contributed by atoms with Crippen LogP contribution in [0.2, 0.25) is 10.0 Å². The largest absolute Gasteiger partial charge is 0.481 e. The SMILES string of the molecule is O=C(O)C1CC(=O)N(c2ccc3oc(-c4cccc(Cl)c4Cl)nc3c2)C1. The molecule has 0 bridgehead atoms. The Labute approximate surface area is 157 Å². The molecule has 26 heavy (non-hydrogen) atoms. The first-order valence-corrected chi connectivity index (χ1v) is 8.58. The van der Waals surface area contributed by atoms with Crippen molar-refractivity contribution in [2.75, 3.05) is 11.4 Å². The molecular formula is C18H12Cl2N2O4. The summed E-state index contributed by atoms with van der Waals surface area (Å²) in [6, 6.07) is 10.3. The van der Waals surface area contributed by atoms with Crippen molar-refractivity contribution in [2.24, 2.45) is 5.92 Å². The molecule has 8 heteroatoms. The third kappa shape index (κ3) is 2.81. The fraction of sp³-hybridized carbons (Fsp3) is 0.167. The minimum atomic E-state index is -0.971. The zero-order valence-electron chi connectivity index (χ0n) is 13.3. The summed E-state index contributed by atoms with van der Waals surface area (Å²) in [6.07, 6.45) is -0.00441. The minimum absolute atomic E-state index is 0.00441. The molecule has 2 aromatic carbocycles. The zero-order valence-corrected chi connectivity index (χ0v) is 14.8. The van der Waals surface area contributed by atoms with E-state index in [0.717, 1.165) is 0 Å². The van der Waals surface area contributed by atoms with Crippen molar-refractivity contribution in [3.05, 3.63) is 46.4 Å². The van der Waals surface area contributed by atoms with Gasteiger partial charge in [0.25, 0.3) is 0 Å². The van der Waals surface area contributed by atoms with Gasteiger partial charge in [0, 0.05) is 18.7 Å². The number of anilines is 1. The standard InChI is InChI=1S/C18H12Cl2N2O4/c19-12-3-1-2-11(16(12)20)17-21-13-7-10(4-5-14(13)26-17)22-8-9(18(24)25)6-15(22)23/h1-5,7,9H,6,8H2,(H,24,25). The van der Waals surface area contributed by atoms with Crippen LogP contribution in [-0.2, 0) is 9.59 Å². The number of fused-ring (bicyclic) bond motifs is 1. The first kappa shape index (κ1) is 16.9. The van der Waals surface area contributed by atoms with Gasteiger partial charge in [-0.25, -0.2) is 4.98 Å². The molecule has 1 N–H and O–H groups in total. The Hall–Kier alpha value is -2.57. The predicted octanol–water partition coefficient (Wildman–Crippen LogP) is 4.24. The molecule has 1 aromatic heterocycles. The van der Waals surface area contributed by atoms with Crippen LogP contribution in [0.5, 0.6) is 0 Å². The van der Waals surface area contributed by atoms with Gasteiger partial charge in [0.1, 0.15) is 5.52 Å². The van der Waals surface area contributed by atoms with E-state index in [9.17, 15) is 9.59 Å². The van der Waals surface area contributed by atoms with Crippen molar-refractivity contribution in [1.82, 2.24) is 4.98 Å². The van der Waals surface area contributed by atoms with Crippen molar-refractivity contribution >= 4 is 51.9 Å².